The van der Waals surface area contributed by atoms with Gasteiger partial charge in [-0.3, -0.25) is 9.21 Å². The maximum absolute atomic E-state index is 12.0. The Kier molecular flexibility index (Phi) is 5.98. The molecule has 1 aromatic rings. The van der Waals surface area contributed by atoms with Crippen LogP contribution in [0, 0.1) is 0 Å². The van der Waals surface area contributed by atoms with E-state index < -0.39 is 10.0 Å². The smallest absolute Gasteiger partial charge is 0.331 e. The number of carbonyl (C=O) groups excluding carboxylic acids is 1. The normalized spacial score (nSPS) is 23.4. The summed E-state index contributed by atoms with van der Waals surface area (Å²) in [5, 5.41) is 0. The molecule has 2 aliphatic heterocycles. The zero-order chi connectivity index (χ0) is 18.6. The summed E-state index contributed by atoms with van der Waals surface area (Å²) in [5.74, 6) is -0.129. The number of likely N-dealkylation sites (N-methyl/N-ethyl adjacent to an activating group) is 1. The monoisotopic (exact) mass is 378 g/mol. The van der Waals surface area contributed by atoms with Crippen molar-refractivity contribution in [2.75, 3.05) is 36.2 Å². The van der Waals surface area contributed by atoms with Crippen molar-refractivity contribution in [3.63, 3.8) is 0 Å². The first-order valence-corrected chi connectivity index (χ1v) is 10.8. The van der Waals surface area contributed by atoms with Gasteiger partial charge in [0, 0.05) is 19.2 Å². The van der Waals surface area contributed by atoms with Gasteiger partial charge < -0.3 is 4.74 Å². The summed E-state index contributed by atoms with van der Waals surface area (Å²) >= 11 is 0. The van der Waals surface area contributed by atoms with Crippen molar-refractivity contribution < 1.29 is 17.9 Å². The van der Waals surface area contributed by atoms with Crippen LogP contribution in [0.4, 0.5) is 5.69 Å². The Labute approximate surface area is 155 Å². The van der Waals surface area contributed by atoms with Crippen molar-refractivity contribution in [2.45, 2.75) is 32.3 Å². The van der Waals surface area contributed by atoms with Crippen LogP contribution in [0.25, 0.3) is 6.08 Å². The standard InChI is InChI=1S/C19H26N2O4S/c1-2-20-12-3-5-18(15-20)25-19(22)11-8-16-6-9-17(10-7-16)21-13-4-14-26(21,23)24/h6-11,18H,2-5,12-15H2,1H3/b11-8+. The van der Waals surface area contributed by atoms with E-state index >= 15 is 0 Å². The second-order valence-corrected chi connectivity index (χ2v) is 8.77. The highest BCUT2D eigenvalue weighted by Gasteiger charge is 2.28. The fourth-order valence-electron chi connectivity index (χ4n) is 3.45. The third-order valence-corrected chi connectivity index (χ3v) is 6.75. The lowest BCUT2D eigenvalue weighted by Crippen LogP contribution is -2.40. The molecule has 1 aromatic carbocycles. The number of esters is 1. The fraction of sp³-hybridized carbons (Fsp3) is 0.526. The van der Waals surface area contributed by atoms with Gasteiger partial charge in [-0.1, -0.05) is 19.1 Å². The summed E-state index contributed by atoms with van der Waals surface area (Å²) in [4.78, 5) is 14.3. The van der Waals surface area contributed by atoms with Gasteiger partial charge in [0.1, 0.15) is 6.10 Å². The highest BCUT2D eigenvalue weighted by Crippen LogP contribution is 2.24. The quantitative estimate of drug-likeness (QED) is 0.581. The molecule has 26 heavy (non-hydrogen) atoms. The average molecular weight is 378 g/mol. The number of sulfonamides is 1. The van der Waals surface area contributed by atoms with Crippen LogP contribution >= 0.6 is 0 Å². The van der Waals surface area contributed by atoms with Crippen molar-refractivity contribution in [1.82, 2.24) is 4.90 Å². The van der Waals surface area contributed by atoms with Gasteiger partial charge in [-0.25, -0.2) is 13.2 Å². The second kappa shape index (κ2) is 8.22. The number of likely N-dealkylation sites (tertiary alicyclic amines) is 1. The summed E-state index contributed by atoms with van der Waals surface area (Å²) in [5.41, 5.74) is 1.50. The molecule has 1 unspecified atom stereocenters. The minimum Gasteiger partial charge on any atom is -0.458 e. The van der Waals surface area contributed by atoms with E-state index in [1.54, 1.807) is 18.2 Å². The maximum Gasteiger partial charge on any atom is 0.331 e. The Morgan fingerprint density at radius 1 is 1.23 bits per heavy atom. The predicted octanol–water partition coefficient (Wildman–Crippen LogP) is 2.27. The number of rotatable bonds is 5. The van der Waals surface area contributed by atoms with Crippen LogP contribution in [-0.4, -0.2) is 57.3 Å². The van der Waals surface area contributed by atoms with E-state index in [1.807, 2.05) is 12.1 Å². The van der Waals surface area contributed by atoms with E-state index in [9.17, 15) is 13.2 Å². The number of carbonyl (C=O) groups is 1. The summed E-state index contributed by atoms with van der Waals surface area (Å²) in [6, 6.07) is 7.17. The number of nitrogens with zero attached hydrogens (tertiary/aromatic N) is 2. The highest BCUT2D eigenvalue weighted by atomic mass is 32.2. The average Bonchev–Trinajstić information content (AvgIpc) is 3.00. The first kappa shape index (κ1) is 18.9. The molecule has 3 rings (SSSR count). The minimum atomic E-state index is -3.16. The molecule has 0 saturated carbocycles. The third kappa shape index (κ3) is 4.65. The zero-order valence-electron chi connectivity index (χ0n) is 15.1. The number of piperidine rings is 1. The lowest BCUT2D eigenvalue weighted by atomic mass is 10.1. The van der Waals surface area contributed by atoms with Gasteiger partial charge in [-0.05, 0) is 56.1 Å². The Hall–Kier alpha value is -1.86. The van der Waals surface area contributed by atoms with Crippen LogP contribution in [0.2, 0.25) is 0 Å². The number of ether oxygens (including phenoxy) is 1. The molecule has 0 aliphatic carbocycles. The summed E-state index contributed by atoms with van der Waals surface area (Å²) in [6.45, 7) is 5.48. The van der Waals surface area contributed by atoms with Crippen LogP contribution in [0.15, 0.2) is 30.3 Å². The van der Waals surface area contributed by atoms with Gasteiger partial charge >= 0.3 is 5.97 Å². The number of benzene rings is 1. The van der Waals surface area contributed by atoms with Crippen LogP contribution in [0.1, 0.15) is 31.7 Å². The van der Waals surface area contributed by atoms with Gasteiger partial charge in [-0.2, -0.15) is 0 Å². The molecule has 0 bridgehead atoms. The molecule has 0 radical (unpaired) electrons. The Balaban J connectivity index is 1.56. The van der Waals surface area contributed by atoms with Gasteiger partial charge in [0.05, 0.1) is 11.4 Å². The number of anilines is 1. The van der Waals surface area contributed by atoms with Gasteiger partial charge in [0.2, 0.25) is 10.0 Å². The number of hydrogen-bond acceptors (Lipinski definition) is 5. The lowest BCUT2D eigenvalue weighted by molar-refractivity contribution is -0.145. The minimum absolute atomic E-state index is 0.0383. The molecule has 2 aliphatic rings. The summed E-state index contributed by atoms with van der Waals surface area (Å²) in [7, 11) is -3.16. The lowest BCUT2D eigenvalue weighted by Gasteiger charge is -2.31. The SMILES string of the molecule is CCN1CCCC(OC(=O)/C=C/c2ccc(N3CCCS3(=O)=O)cc2)C1. The van der Waals surface area contributed by atoms with E-state index in [4.69, 9.17) is 4.74 Å². The molecule has 2 heterocycles. The van der Waals surface area contributed by atoms with E-state index in [-0.39, 0.29) is 17.8 Å². The molecule has 1 atom stereocenters. The van der Waals surface area contributed by atoms with Crippen molar-refractivity contribution in [3.05, 3.63) is 35.9 Å². The molecule has 0 spiro atoms. The van der Waals surface area contributed by atoms with E-state index in [0.717, 1.165) is 38.0 Å². The first-order chi connectivity index (χ1) is 12.5. The molecular weight excluding hydrogens is 352 g/mol. The molecule has 0 amide bonds. The van der Waals surface area contributed by atoms with Crippen LogP contribution < -0.4 is 4.31 Å². The van der Waals surface area contributed by atoms with E-state index in [1.165, 1.54) is 10.4 Å². The third-order valence-electron chi connectivity index (χ3n) is 4.88. The van der Waals surface area contributed by atoms with Gasteiger partial charge in [-0.15, -0.1) is 0 Å². The van der Waals surface area contributed by atoms with Crippen molar-refractivity contribution >= 4 is 27.8 Å². The Morgan fingerprint density at radius 3 is 2.65 bits per heavy atom. The zero-order valence-corrected chi connectivity index (χ0v) is 16.0. The Morgan fingerprint density at radius 2 is 2.00 bits per heavy atom. The van der Waals surface area contributed by atoms with Gasteiger partial charge in [0.25, 0.3) is 0 Å². The van der Waals surface area contributed by atoms with Gasteiger partial charge in [0.15, 0.2) is 0 Å². The van der Waals surface area contributed by atoms with Crippen LogP contribution in [0.3, 0.4) is 0 Å². The fourth-order valence-corrected chi connectivity index (χ4v) is 5.01. The predicted molar refractivity (Wildman–Crippen MR) is 102 cm³/mol. The highest BCUT2D eigenvalue weighted by molar-refractivity contribution is 7.93. The first-order valence-electron chi connectivity index (χ1n) is 9.19. The van der Waals surface area contributed by atoms with E-state index in [0.29, 0.717) is 18.7 Å². The van der Waals surface area contributed by atoms with Crippen molar-refractivity contribution in [3.8, 4) is 0 Å². The molecule has 2 fully saturated rings. The van der Waals surface area contributed by atoms with Crippen molar-refractivity contribution in [1.29, 1.82) is 0 Å². The molecule has 6 nitrogen and oxygen atoms in total. The second-order valence-electron chi connectivity index (χ2n) is 6.76. The molecule has 7 heteroatoms. The summed E-state index contributed by atoms with van der Waals surface area (Å²) < 4.78 is 30.9. The van der Waals surface area contributed by atoms with Crippen LogP contribution in [0.5, 0.6) is 0 Å². The van der Waals surface area contributed by atoms with Crippen molar-refractivity contribution in [2.24, 2.45) is 0 Å². The molecule has 0 aromatic heterocycles. The molecule has 0 N–H and O–H groups in total. The van der Waals surface area contributed by atoms with Crippen LogP contribution in [-0.2, 0) is 19.6 Å². The summed E-state index contributed by atoms with van der Waals surface area (Å²) in [6.07, 6.45) is 5.72. The molecule has 2 saturated heterocycles. The van der Waals surface area contributed by atoms with E-state index in [2.05, 4.69) is 11.8 Å². The topological polar surface area (TPSA) is 66.9 Å². The largest absolute Gasteiger partial charge is 0.458 e. The number of hydrogen-bond donors (Lipinski definition) is 0. The molecular formula is C19H26N2O4S. The molecule has 142 valence electrons. The Bertz CT molecular complexity index is 758. The maximum atomic E-state index is 12.0.